The van der Waals surface area contributed by atoms with Gasteiger partial charge in [0, 0.05) is 11.5 Å². The normalized spacial score (nSPS) is 17.3. The number of hydrogen-bond acceptors (Lipinski definition) is 3. The van der Waals surface area contributed by atoms with E-state index in [0.717, 1.165) is 11.6 Å². The molecule has 0 rings (SSSR count). The number of alkyl halides is 3. The molecule has 0 amide bonds. The van der Waals surface area contributed by atoms with Gasteiger partial charge in [-0.3, -0.25) is 0 Å². The highest BCUT2D eigenvalue weighted by atomic mass is 19.4. The summed E-state index contributed by atoms with van der Waals surface area (Å²) in [5.41, 5.74) is 0.132. The first-order valence-electron chi connectivity index (χ1n) is 7.74. The molecule has 2 N–H and O–H groups in total. The Morgan fingerprint density at radius 3 is 2.38 bits per heavy atom. The van der Waals surface area contributed by atoms with Gasteiger partial charge in [0.15, 0.2) is 0 Å². The molecule has 0 aromatic rings. The molecule has 0 aliphatic heterocycles. The van der Waals surface area contributed by atoms with E-state index < -0.39 is 24.0 Å². The standard InChI is InChI=1S/C18H27F3O3/c1-5-7-8-15(18(19,20)21)9-10-24-12-13(3)11-14(4)17(23)16(22)6-2/h5-6,9,11,14,16-17,22-23H,1-2,7-8,10,12H2,3-4H3/b13-11-,15-9-/t14-,16+,17+/m1/s1. The minimum atomic E-state index is -4.36. The lowest BCUT2D eigenvalue weighted by atomic mass is 9.97. The lowest BCUT2D eigenvalue weighted by Gasteiger charge is -2.19. The van der Waals surface area contributed by atoms with Crippen LogP contribution in [-0.4, -0.2) is 41.8 Å². The summed E-state index contributed by atoms with van der Waals surface area (Å²) in [6.07, 6.45) is -0.818. The van der Waals surface area contributed by atoms with E-state index in [9.17, 15) is 23.4 Å². The largest absolute Gasteiger partial charge is 0.412 e. The third-order valence-corrected chi connectivity index (χ3v) is 3.44. The maximum Gasteiger partial charge on any atom is 0.412 e. The van der Waals surface area contributed by atoms with Crippen molar-refractivity contribution in [1.82, 2.24) is 0 Å². The topological polar surface area (TPSA) is 49.7 Å². The van der Waals surface area contributed by atoms with Crippen molar-refractivity contribution >= 4 is 0 Å². The first-order valence-corrected chi connectivity index (χ1v) is 7.74. The molecule has 3 nitrogen and oxygen atoms in total. The van der Waals surface area contributed by atoms with Crippen molar-refractivity contribution in [3.05, 3.63) is 48.6 Å². The van der Waals surface area contributed by atoms with Gasteiger partial charge < -0.3 is 14.9 Å². The lowest BCUT2D eigenvalue weighted by Crippen LogP contribution is -2.29. The highest BCUT2D eigenvalue weighted by molar-refractivity contribution is 5.10. The third kappa shape index (κ3) is 9.05. The second kappa shape index (κ2) is 11.2. The zero-order valence-corrected chi connectivity index (χ0v) is 14.2. The molecule has 0 saturated carbocycles. The first kappa shape index (κ1) is 22.6. The fourth-order valence-corrected chi connectivity index (χ4v) is 2.04. The van der Waals surface area contributed by atoms with Crippen LogP contribution in [0.5, 0.6) is 0 Å². The van der Waals surface area contributed by atoms with Crippen molar-refractivity contribution in [2.75, 3.05) is 13.2 Å². The Morgan fingerprint density at radius 1 is 1.25 bits per heavy atom. The van der Waals surface area contributed by atoms with Gasteiger partial charge in [-0.2, -0.15) is 13.2 Å². The number of aliphatic hydroxyl groups is 2. The van der Waals surface area contributed by atoms with Crippen molar-refractivity contribution in [1.29, 1.82) is 0 Å². The Morgan fingerprint density at radius 2 is 1.88 bits per heavy atom. The molecular formula is C18H27F3O3. The summed E-state index contributed by atoms with van der Waals surface area (Å²) >= 11 is 0. The maximum absolute atomic E-state index is 12.8. The number of aliphatic hydroxyl groups excluding tert-OH is 2. The predicted molar refractivity (Wildman–Crippen MR) is 89.5 cm³/mol. The summed E-state index contributed by atoms with van der Waals surface area (Å²) in [7, 11) is 0. The Hall–Kier alpha value is -1.37. The van der Waals surface area contributed by atoms with Crippen molar-refractivity contribution < 1.29 is 28.1 Å². The fourth-order valence-electron chi connectivity index (χ4n) is 2.04. The average molecular weight is 348 g/mol. The van der Waals surface area contributed by atoms with Crippen molar-refractivity contribution in [3.63, 3.8) is 0 Å². The molecule has 0 unspecified atom stereocenters. The Balaban J connectivity index is 4.51. The van der Waals surface area contributed by atoms with Gasteiger partial charge in [0.05, 0.1) is 25.4 Å². The van der Waals surface area contributed by atoms with Gasteiger partial charge in [-0.25, -0.2) is 0 Å². The molecule has 0 aromatic carbocycles. The van der Waals surface area contributed by atoms with Crippen LogP contribution in [0.1, 0.15) is 26.7 Å². The summed E-state index contributed by atoms with van der Waals surface area (Å²) in [5, 5.41) is 19.3. The lowest BCUT2D eigenvalue weighted by molar-refractivity contribution is -0.0945. The number of allylic oxidation sites excluding steroid dienone is 2. The summed E-state index contributed by atoms with van der Waals surface area (Å²) < 4.78 is 43.5. The summed E-state index contributed by atoms with van der Waals surface area (Å²) in [4.78, 5) is 0. The smallest absolute Gasteiger partial charge is 0.389 e. The summed E-state index contributed by atoms with van der Waals surface area (Å²) in [5.74, 6) is -0.338. The van der Waals surface area contributed by atoms with Crippen molar-refractivity contribution in [3.8, 4) is 0 Å². The van der Waals surface area contributed by atoms with Crippen molar-refractivity contribution in [2.24, 2.45) is 5.92 Å². The Kier molecular flexibility index (Phi) is 10.6. The highest BCUT2D eigenvalue weighted by Gasteiger charge is 2.32. The zero-order valence-electron chi connectivity index (χ0n) is 14.2. The fraction of sp³-hybridized carbons (Fsp3) is 0.556. The molecule has 0 spiro atoms. The van der Waals surface area contributed by atoms with E-state index in [4.69, 9.17) is 4.74 Å². The molecule has 24 heavy (non-hydrogen) atoms. The summed E-state index contributed by atoms with van der Waals surface area (Å²) in [6, 6.07) is 0. The quantitative estimate of drug-likeness (QED) is 0.439. The SMILES string of the molecule is C=CCC/C(=C/COC/C(C)=C\[C@@H](C)[C@H](O)[C@@H](O)C=C)C(F)(F)F. The van der Waals surface area contributed by atoms with Crippen LogP contribution in [0.25, 0.3) is 0 Å². The molecule has 0 fully saturated rings. The molecule has 0 saturated heterocycles. The maximum atomic E-state index is 12.8. The van der Waals surface area contributed by atoms with Crippen LogP contribution in [0.2, 0.25) is 0 Å². The van der Waals surface area contributed by atoms with Crippen LogP contribution in [0.3, 0.4) is 0 Å². The van der Waals surface area contributed by atoms with Crippen LogP contribution < -0.4 is 0 Å². The number of rotatable bonds is 11. The Bertz CT molecular complexity index is 453. The Labute approximate surface area is 141 Å². The van der Waals surface area contributed by atoms with Gasteiger partial charge in [-0.1, -0.05) is 36.8 Å². The zero-order chi connectivity index (χ0) is 18.8. The van der Waals surface area contributed by atoms with Gasteiger partial charge >= 0.3 is 6.18 Å². The molecule has 0 bridgehead atoms. The van der Waals surface area contributed by atoms with E-state index in [1.807, 2.05) is 0 Å². The van der Waals surface area contributed by atoms with Gasteiger partial charge in [0.25, 0.3) is 0 Å². The van der Waals surface area contributed by atoms with E-state index in [2.05, 4.69) is 13.2 Å². The number of halogens is 3. The van der Waals surface area contributed by atoms with Gasteiger partial charge in [-0.05, 0) is 19.8 Å². The molecule has 138 valence electrons. The van der Waals surface area contributed by atoms with Crippen LogP contribution in [0.15, 0.2) is 48.6 Å². The molecule has 0 heterocycles. The second-order valence-electron chi connectivity index (χ2n) is 5.66. The first-order chi connectivity index (χ1) is 11.1. The highest BCUT2D eigenvalue weighted by Crippen LogP contribution is 2.29. The second-order valence-corrected chi connectivity index (χ2v) is 5.66. The molecular weight excluding hydrogens is 321 g/mol. The average Bonchev–Trinajstić information content (AvgIpc) is 2.51. The number of hydrogen-bond donors (Lipinski definition) is 2. The third-order valence-electron chi connectivity index (χ3n) is 3.44. The van der Waals surface area contributed by atoms with E-state index in [1.54, 1.807) is 19.9 Å². The van der Waals surface area contributed by atoms with Crippen LogP contribution in [0, 0.1) is 5.92 Å². The minimum absolute atomic E-state index is 0.117. The van der Waals surface area contributed by atoms with Gasteiger partial charge in [-0.15, -0.1) is 13.2 Å². The summed E-state index contributed by atoms with van der Waals surface area (Å²) in [6.45, 7) is 10.3. The molecule has 0 aromatic heterocycles. The van der Waals surface area contributed by atoms with E-state index in [-0.39, 0.29) is 32.0 Å². The van der Waals surface area contributed by atoms with E-state index >= 15 is 0 Å². The molecule has 0 aliphatic rings. The van der Waals surface area contributed by atoms with E-state index in [1.165, 1.54) is 12.2 Å². The minimum Gasteiger partial charge on any atom is -0.389 e. The van der Waals surface area contributed by atoms with Crippen molar-refractivity contribution in [2.45, 2.75) is 45.1 Å². The van der Waals surface area contributed by atoms with Crippen LogP contribution >= 0.6 is 0 Å². The van der Waals surface area contributed by atoms with Gasteiger partial charge in [0.2, 0.25) is 0 Å². The van der Waals surface area contributed by atoms with Crippen LogP contribution in [0.4, 0.5) is 13.2 Å². The monoisotopic (exact) mass is 348 g/mol. The molecule has 6 heteroatoms. The predicted octanol–water partition coefficient (Wildman–Crippen LogP) is 3.95. The van der Waals surface area contributed by atoms with Crippen LogP contribution in [-0.2, 0) is 4.74 Å². The van der Waals surface area contributed by atoms with Gasteiger partial charge in [0.1, 0.15) is 0 Å². The molecule has 3 atom stereocenters. The molecule has 0 aliphatic carbocycles. The van der Waals surface area contributed by atoms with E-state index in [0.29, 0.717) is 0 Å². The molecule has 0 radical (unpaired) electrons. The number of ether oxygens (including phenoxy) is 1.